The first-order valence-electron chi connectivity index (χ1n) is 3.61. The summed E-state index contributed by atoms with van der Waals surface area (Å²) < 4.78 is 0. The molecule has 0 atom stereocenters. The molecule has 1 heterocycles. The second-order valence-corrected chi connectivity index (χ2v) is 2.55. The van der Waals surface area contributed by atoms with Crippen molar-refractivity contribution < 1.29 is 4.99 Å². The highest BCUT2D eigenvalue weighted by molar-refractivity contribution is 5.77. The van der Waals surface area contributed by atoms with Crippen LogP contribution in [0.4, 0.5) is 0 Å². The van der Waals surface area contributed by atoms with Crippen molar-refractivity contribution in [1.82, 2.24) is 0 Å². The van der Waals surface area contributed by atoms with Crippen LogP contribution in [-0.4, -0.2) is 12.8 Å². The number of rotatable bonds is 0. The molecule has 10 heavy (non-hydrogen) atoms. The minimum Gasteiger partial charge on any atom is -0.247 e. The lowest BCUT2D eigenvalue weighted by molar-refractivity contribution is -0.452. The zero-order valence-corrected chi connectivity index (χ0v) is 5.80. The van der Waals surface area contributed by atoms with Gasteiger partial charge in [-0.15, -0.1) is 0 Å². The van der Waals surface area contributed by atoms with Gasteiger partial charge in [-0.1, -0.05) is 18.2 Å². The van der Waals surface area contributed by atoms with Gasteiger partial charge in [-0.25, -0.2) is 4.99 Å². The van der Waals surface area contributed by atoms with Gasteiger partial charge in [-0.05, 0) is 11.6 Å². The molecule has 0 saturated carbocycles. The second kappa shape index (κ2) is 2.25. The van der Waals surface area contributed by atoms with Crippen LogP contribution in [0.15, 0.2) is 24.3 Å². The van der Waals surface area contributed by atoms with E-state index in [1.165, 1.54) is 11.1 Å². The molecule has 0 bridgehead atoms. The first-order valence-corrected chi connectivity index (χ1v) is 3.61. The molecule has 1 aliphatic rings. The largest absolute Gasteiger partial charge is 0.247 e. The van der Waals surface area contributed by atoms with Crippen molar-refractivity contribution in [1.29, 1.82) is 0 Å². The number of nitrogens with one attached hydrogen (secondary N) is 1. The molecule has 1 aromatic carbocycles. The normalized spacial score (nSPS) is 14.8. The third kappa shape index (κ3) is 0.838. The quantitative estimate of drug-likeness (QED) is 0.500. The lowest BCUT2D eigenvalue weighted by Crippen LogP contribution is -2.71. The molecule has 0 aromatic heterocycles. The van der Waals surface area contributed by atoms with Crippen LogP contribution in [0, 0.1) is 0 Å². The fraction of sp³-hybridized carbons (Fsp3) is 0.222. The van der Waals surface area contributed by atoms with Gasteiger partial charge in [-0.3, -0.25) is 0 Å². The first kappa shape index (κ1) is 5.66. The Bertz CT molecular complexity index is 263. The Morgan fingerprint density at radius 3 is 3.00 bits per heavy atom. The molecule has 1 N–H and O–H groups in total. The van der Waals surface area contributed by atoms with Crippen molar-refractivity contribution in [3.63, 3.8) is 0 Å². The Labute approximate surface area is 60.4 Å². The van der Waals surface area contributed by atoms with Crippen molar-refractivity contribution >= 4 is 6.21 Å². The molecule has 0 unspecified atom stereocenters. The van der Waals surface area contributed by atoms with Crippen molar-refractivity contribution in [2.45, 2.75) is 6.42 Å². The predicted molar refractivity (Wildman–Crippen MR) is 41.1 cm³/mol. The molecule has 0 amide bonds. The molecule has 0 saturated heterocycles. The number of fused-ring (bicyclic) bond motifs is 1. The summed E-state index contributed by atoms with van der Waals surface area (Å²) in [5.41, 5.74) is 2.80. The fourth-order valence-corrected chi connectivity index (χ4v) is 1.29. The van der Waals surface area contributed by atoms with E-state index in [-0.39, 0.29) is 0 Å². The van der Waals surface area contributed by atoms with Crippen LogP contribution < -0.4 is 4.99 Å². The SMILES string of the molecule is C1=[NH+]CCc2ccccc21. The van der Waals surface area contributed by atoms with Crippen molar-refractivity contribution in [2.24, 2.45) is 0 Å². The van der Waals surface area contributed by atoms with Crippen LogP contribution in [0.3, 0.4) is 0 Å². The predicted octanol–water partition coefficient (Wildman–Crippen LogP) is -0.258. The Balaban J connectivity index is 2.54. The average molecular weight is 132 g/mol. The van der Waals surface area contributed by atoms with E-state index in [9.17, 15) is 0 Å². The fourth-order valence-electron chi connectivity index (χ4n) is 1.29. The Kier molecular flexibility index (Phi) is 1.28. The van der Waals surface area contributed by atoms with Gasteiger partial charge >= 0.3 is 0 Å². The minimum absolute atomic E-state index is 1.08. The molecule has 0 spiro atoms. The maximum atomic E-state index is 3.22. The molecule has 50 valence electrons. The van der Waals surface area contributed by atoms with Crippen molar-refractivity contribution in [2.75, 3.05) is 6.54 Å². The van der Waals surface area contributed by atoms with Gasteiger partial charge in [-0.2, -0.15) is 0 Å². The summed E-state index contributed by atoms with van der Waals surface area (Å²) in [6.45, 7) is 1.08. The third-order valence-electron chi connectivity index (χ3n) is 1.85. The summed E-state index contributed by atoms with van der Waals surface area (Å²) in [4.78, 5) is 3.22. The molecule has 2 rings (SSSR count). The zero-order chi connectivity index (χ0) is 6.81. The molecule has 0 radical (unpaired) electrons. The van der Waals surface area contributed by atoms with E-state index in [1.807, 2.05) is 0 Å². The molecular formula is C9H10N+. The van der Waals surface area contributed by atoms with E-state index < -0.39 is 0 Å². The van der Waals surface area contributed by atoms with Crippen LogP contribution in [0.5, 0.6) is 0 Å². The molecule has 1 aliphatic heterocycles. The Morgan fingerprint density at radius 2 is 2.10 bits per heavy atom. The summed E-state index contributed by atoms with van der Waals surface area (Å²) in [5, 5.41) is 0. The number of hydrogen-bond donors (Lipinski definition) is 1. The van der Waals surface area contributed by atoms with E-state index >= 15 is 0 Å². The van der Waals surface area contributed by atoms with Gasteiger partial charge in [0.1, 0.15) is 6.54 Å². The topological polar surface area (TPSA) is 14.0 Å². The Hall–Kier alpha value is -1.11. The smallest absolute Gasteiger partial charge is 0.169 e. The molecule has 0 aliphatic carbocycles. The highest BCUT2D eigenvalue weighted by atomic mass is 14.7. The van der Waals surface area contributed by atoms with Crippen LogP contribution in [0.2, 0.25) is 0 Å². The lowest BCUT2D eigenvalue weighted by atomic mass is 10.0. The van der Waals surface area contributed by atoms with E-state index in [4.69, 9.17) is 0 Å². The van der Waals surface area contributed by atoms with E-state index in [0.717, 1.165) is 13.0 Å². The molecule has 1 nitrogen and oxygen atoms in total. The Morgan fingerprint density at radius 1 is 1.20 bits per heavy atom. The van der Waals surface area contributed by atoms with Crippen LogP contribution in [0.1, 0.15) is 11.1 Å². The van der Waals surface area contributed by atoms with Gasteiger partial charge in [0.25, 0.3) is 0 Å². The van der Waals surface area contributed by atoms with Gasteiger partial charge in [0, 0.05) is 12.0 Å². The maximum absolute atomic E-state index is 3.22. The summed E-state index contributed by atoms with van der Waals surface area (Å²) >= 11 is 0. The number of hydrogen-bond acceptors (Lipinski definition) is 0. The van der Waals surface area contributed by atoms with Crippen LogP contribution in [0.25, 0.3) is 0 Å². The molecule has 1 heteroatoms. The van der Waals surface area contributed by atoms with E-state index in [0.29, 0.717) is 0 Å². The summed E-state index contributed by atoms with van der Waals surface area (Å²) in [7, 11) is 0. The molecule has 1 aromatic rings. The van der Waals surface area contributed by atoms with Gasteiger partial charge in [0.05, 0.1) is 0 Å². The van der Waals surface area contributed by atoms with Crippen molar-refractivity contribution in [3.8, 4) is 0 Å². The van der Waals surface area contributed by atoms with E-state index in [2.05, 4.69) is 35.5 Å². The lowest BCUT2D eigenvalue weighted by Gasteiger charge is -2.03. The molecule has 0 fully saturated rings. The standard InChI is InChI=1S/C9H9N/c1-2-4-9-7-10-6-5-8(9)3-1/h1-4,7H,5-6H2/p+1. The van der Waals surface area contributed by atoms with E-state index in [1.54, 1.807) is 0 Å². The summed E-state index contributed by atoms with van der Waals surface area (Å²) in [5.74, 6) is 0. The summed E-state index contributed by atoms with van der Waals surface area (Å²) in [6.07, 6.45) is 3.24. The van der Waals surface area contributed by atoms with Crippen LogP contribution >= 0.6 is 0 Å². The second-order valence-electron chi connectivity index (χ2n) is 2.55. The monoisotopic (exact) mass is 132 g/mol. The number of benzene rings is 1. The van der Waals surface area contributed by atoms with Gasteiger partial charge < -0.3 is 0 Å². The molecular weight excluding hydrogens is 122 g/mol. The van der Waals surface area contributed by atoms with Gasteiger partial charge in [0.15, 0.2) is 6.21 Å². The minimum atomic E-state index is 1.08. The van der Waals surface area contributed by atoms with Crippen molar-refractivity contribution in [3.05, 3.63) is 35.4 Å². The highest BCUT2D eigenvalue weighted by Crippen LogP contribution is 2.05. The average Bonchev–Trinajstić information content (AvgIpc) is 2.05. The highest BCUT2D eigenvalue weighted by Gasteiger charge is 2.05. The zero-order valence-electron chi connectivity index (χ0n) is 5.80. The maximum Gasteiger partial charge on any atom is 0.169 e. The summed E-state index contributed by atoms with van der Waals surface area (Å²) in [6, 6.07) is 8.49. The van der Waals surface area contributed by atoms with Gasteiger partial charge in [0.2, 0.25) is 0 Å². The van der Waals surface area contributed by atoms with Crippen LogP contribution in [-0.2, 0) is 6.42 Å². The first-order chi connectivity index (χ1) is 4.97. The third-order valence-corrected chi connectivity index (χ3v) is 1.85.